The van der Waals surface area contributed by atoms with Crippen molar-refractivity contribution in [1.29, 1.82) is 0 Å². The van der Waals surface area contributed by atoms with Gasteiger partial charge in [-0.3, -0.25) is 0 Å². The van der Waals surface area contributed by atoms with Gasteiger partial charge in [0.05, 0.1) is 5.16 Å². The molecule has 0 amide bonds. The molecule has 0 fully saturated rings. The topological polar surface area (TPSA) is 38.1 Å². The van der Waals surface area contributed by atoms with Crippen LogP contribution in [-0.2, 0) is 0 Å². The summed E-state index contributed by atoms with van der Waals surface area (Å²) in [5, 5.41) is 2.57. The van der Waals surface area contributed by atoms with Crippen LogP contribution in [0.1, 0.15) is 0 Å². The highest BCUT2D eigenvalue weighted by molar-refractivity contribution is 7.78. The highest BCUT2D eigenvalue weighted by Gasteiger charge is 1.97. The van der Waals surface area contributed by atoms with Crippen LogP contribution in [0.25, 0.3) is 0 Å². The van der Waals surface area contributed by atoms with Gasteiger partial charge in [-0.2, -0.15) is 15.0 Å². The zero-order valence-electron chi connectivity index (χ0n) is 5.08. The Labute approximate surface area is 78.1 Å². The largest absolute Gasteiger partial charge is 0.261 e. The number of nitrogens with zero attached hydrogens (tertiary/aromatic N) is 3. The molecule has 0 unspecified atom stereocenters. The molecule has 0 bridgehead atoms. The Bertz CT molecular complexity index is 301. The van der Waals surface area contributed by atoms with Crippen LogP contribution in [0, 0.1) is 0 Å². The third-order valence-electron chi connectivity index (χ3n) is 0.797. The fourth-order valence-electron chi connectivity index (χ4n) is 0.470. The summed E-state index contributed by atoms with van der Waals surface area (Å²) in [6.07, 6.45) is 0. The van der Waals surface area contributed by atoms with E-state index in [0.29, 0.717) is 0 Å². The van der Waals surface area contributed by atoms with Crippen molar-refractivity contribution in [3.8, 4) is 0 Å². The minimum atomic E-state index is 0.123. The predicted molar refractivity (Wildman–Crippen MR) is 46.7 cm³/mol. The second-order valence-electron chi connectivity index (χ2n) is 1.52. The number of aromatic nitrogens is 2. The average Bonchev–Trinajstić information content (AvgIpc) is 1.85. The molecule has 0 atom stereocenters. The SMILES string of the molecule is S=C=Nc1nc(Cl)cc(Cl)n1. The molecule has 0 saturated carbocycles. The van der Waals surface area contributed by atoms with E-state index >= 15 is 0 Å². The molecule has 0 aliphatic carbocycles. The summed E-state index contributed by atoms with van der Waals surface area (Å²) in [5.41, 5.74) is 0. The van der Waals surface area contributed by atoms with Crippen LogP contribution in [0.2, 0.25) is 10.3 Å². The van der Waals surface area contributed by atoms with Crippen molar-refractivity contribution in [1.82, 2.24) is 9.97 Å². The second kappa shape index (κ2) is 3.74. The van der Waals surface area contributed by atoms with Crippen molar-refractivity contribution in [3.05, 3.63) is 16.4 Å². The van der Waals surface area contributed by atoms with Gasteiger partial charge in [-0.25, -0.2) is 0 Å². The Morgan fingerprint density at radius 2 is 1.91 bits per heavy atom. The Kier molecular flexibility index (Phi) is 2.91. The third kappa shape index (κ3) is 2.52. The van der Waals surface area contributed by atoms with Gasteiger partial charge in [0.15, 0.2) is 0 Å². The number of thiocarbonyl (C=S) groups is 1. The zero-order chi connectivity index (χ0) is 8.27. The molecule has 0 radical (unpaired) electrons. The van der Waals surface area contributed by atoms with Gasteiger partial charge < -0.3 is 0 Å². The van der Waals surface area contributed by atoms with Crippen LogP contribution < -0.4 is 0 Å². The van der Waals surface area contributed by atoms with Gasteiger partial charge in [0.25, 0.3) is 5.95 Å². The fourth-order valence-corrected chi connectivity index (χ4v) is 0.965. The van der Waals surface area contributed by atoms with Gasteiger partial charge in [0.1, 0.15) is 10.3 Å². The molecule has 0 spiro atoms. The zero-order valence-corrected chi connectivity index (χ0v) is 7.41. The molecular formula is C5HCl2N3S. The van der Waals surface area contributed by atoms with Gasteiger partial charge in [-0.15, -0.1) is 0 Å². The summed E-state index contributed by atoms with van der Waals surface area (Å²) in [7, 11) is 0. The molecule has 0 aliphatic heterocycles. The van der Waals surface area contributed by atoms with E-state index in [2.05, 4.69) is 32.3 Å². The lowest BCUT2D eigenvalue weighted by molar-refractivity contribution is 1.14. The van der Waals surface area contributed by atoms with E-state index in [1.165, 1.54) is 6.07 Å². The lowest BCUT2D eigenvalue weighted by Gasteiger charge is -1.91. The van der Waals surface area contributed by atoms with Crippen LogP contribution in [0.4, 0.5) is 5.95 Å². The number of aliphatic imine (C=N–C) groups is 1. The first-order chi connectivity index (χ1) is 5.22. The van der Waals surface area contributed by atoms with E-state index in [1.807, 2.05) is 0 Å². The Morgan fingerprint density at radius 3 is 2.36 bits per heavy atom. The van der Waals surface area contributed by atoms with Crippen molar-refractivity contribution in [3.63, 3.8) is 0 Å². The van der Waals surface area contributed by atoms with Crippen molar-refractivity contribution in [2.75, 3.05) is 0 Å². The molecule has 6 heteroatoms. The molecule has 56 valence electrons. The Balaban J connectivity index is 3.18. The molecular weight excluding hydrogens is 205 g/mol. The lowest BCUT2D eigenvalue weighted by atomic mass is 10.7. The maximum Gasteiger partial charge on any atom is 0.261 e. The van der Waals surface area contributed by atoms with E-state index in [9.17, 15) is 0 Å². The molecule has 0 aliphatic rings. The maximum atomic E-state index is 5.53. The summed E-state index contributed by atoms with van der Waals surface area (Å²) >= 11 is 15.4. The summed E-state index contributed by atoms with van der Waals surface area (Å²) in [5.74, 6) is 0.123. The molecule has 3 nitrogen and oxygen atoms in total. The van der Waals surface area contributed by atoms with Crippen LogP contribution in [0.5, 0.6) is 0 Å². The summed E-state index contributed by atoms with van der Waals surface area (Å²) in [6.45, 7) is 0. The first-order valence-electron chi connectivity index (χ1n) is 2.50. The van der Waals surface area contributed by atoms with Crippen LogP contribution >= 0.6 is 35.4 Å². The molecule has 1 aromatic heterocycles. The third-order valence-corrected chi connectivity index (χ3v) is 1.28. The van der Waals surface area contributed by atoms with Crippen molar-refractivity contribution >= 4 is 46.5 Å². The number of isothiocyanates is 1. The van der Waals surface area contributed by atoms with Gasteiger partial charge >= 0.3 is 0 Å². The van der Waals surface area contributed by atoms with E-state index < -0.39 is 0 Å². The molecule has 0 saturated heterocycles. The predicted octanol–water partition coefficient (Wildman–Crippen LogP) is 2.52. The summed E-state index contributed by atoms with van der Waals surface area (Å²) < 4.78 is 0. The minimum Gasteiger partial charge on any atom is -0.198 e. The highest BCUT2D eigenvalue weighted by atomic mass is 35.5. The average molecular weight is 206 g/mol. The first kappa shape index (κ1) is 8.56. The molecule has 1 heterocycles. The normalized spacial score (nSPS) is 8.91. The summed E-state index contributed by atoms with van der Waals surface area (Å²) in [4.78, 5) is 10.9. The number of rotatable bonds is 1. The monoisotopic (exact) mass is 205 g/mol. The quantitative estimate of drug-likeness (QED) is 0.402. The molecule has 0 N–H and O–H groups in total. The molecule has 1 aromatic rings. The Morgan fingerprint density at radius 1 is 1.36 bits per heavy atom. The number of hydrogen-bond donors (Lipinski definition) is 0. The van der Waals surface area contributed by atoms with Gasteiger partial charge in [0.2, 0.25) is 0 Å². The Hall–Kier alpha value is -0.540. The van der Waals surface area contributed by atoms with Gasteiger partial charge in [-0.1, -0.05) is 23.2 Å². The van der Waals surface area contributed by atoms with Crippen molar-refractivity contribution in [2.45, 2.75) is 0 Å². The smallest absolute Gasteiger partial charge is 0.198 e. The van der Waals surface area contributed by atoms with E-state index in [1.54, 1.807) is 0 Å². The standard InChI is InChI=1S/C5HCl2N3S/c6-3-1-4(7)10-5(9-3)8-2-11/h1H. The van der Waals surface area contributed by atoms with E-state index in [-0.39, 0.29) is 16.3 Å². The van der Waals surface area contributed by atoms with Crippen molar-refractivity contribution < 1.29 is 0 Å². The molecule has 1 rings (SSSR count). The number of hydrogen-bond acceptors (Lipinski definition) is 4. The van der Waals surface area contributed by atoms with E-state index in [4.69, 9.17) is 23.2 Å². The maximum absolute atomic E-state index is 5.53. The van der Waals surface area contributed by atoms with Crippen LogP contribution in [0.15, 0.2) is 11.1 Å². The molecule has 11 heavy (non-hydrogen) atoms. The van der Waals surface area contributed by atoms with Crippen molar-refractivity contribution in [2.24, 2.45) is 4.99 Å². The fraction of sp³-hybridized carbons (Fsp3) is 0. The van der Waals surface area contributed by atoms with E-state index in [0.717, 1.165) is 0 Å². The lowest BCUT2D eigenvalue weighted by Crippen LogP contribution is -1.81. The summed E-state index contributed by atoms with van der Waals surface area (Å²) in [6, 6.07) is 1.41. The highest BCUT2D eigenvalue weighted by Crippen LogP contribution is 2.15. The minimum absolute atomic E-state index is 0.123. The van der Waals surface area contributed by atoms with Gasteiger partial charge in [0, 0.05) is 6.07 Å². The first-order valence-corrected chi connectivity index (χ1v) is 3.67. The second-order valence-corrected chi connectivity index (χ2v) is 2.47. The molecule has 0 aromatic carbocycles. The van der Waals surface area contributed by atoms with Gasteiger partial charge in [-0.05, 0) is 12.2 Å². The van der Waals surface area contributed by atoms with Crippen LogP contribution in [-0.4, -0.2) is 15.1 Å². The number of halogens is 2. The van der Waals surface area contributed by atoms with Crippen LogP contribution in [0.3, 0.4) is 0 Å².